The van der Waals surface area contributed by atoms with Gasteiger partial charge in [0, 0.05) is 11.3 Å². The Morgan fingerprint density at radius 2 is 2.36 bits per heavy atom. The molecule has 1 aromatic heterocycles. The summed E-state index contributed by atoms with van der Waals surface area (Å²) >= 11 is 7.94. The standard InChI is InChI=1S/C9H11ClS/c10-9-3-1-2-8(9)7-4-5-11-6-7/h4-6,8-9H,1-3H2. The molecule has 1 aliphatic rings. The van der Waals surface area contributed by atoms with E-state index in [1.807, 2.05) is 0 Å². The van der Waals surface area contributed by atoms with Crippen LogP contribution in [0.4, 0.5) is 0 Å². The van der Waals surface area contributed by atoms with E-state index in [4.69, 9.17) is 11.6 Å². The fourth-order valence-corrected chi connectivity index (χ4v) is 2.93. The van der Waals surface area contributed by atoms with E-state index < -0.39 is 0 Å². The van der Waals surface area contributed by atoms with Crippen molar-refractivity contribution in [1.29, 1.82) is 0 Å². The van der Waals surface area contributed by atoms with Gasteiger partial charge in [0.1, 0.15) is 0 Å². The van der Waals surface area contributed by atoms with E-state index >= 15 is 0 Å². The first-order chi connectivity index (χ1) is 5.38. The van der Waals surface area contributed by atoms with Gasteiger partial charge in [-0.1, -0.05) is 6.42 Å². The molecular weight excluding hydrogens is 176 g/mol. The highest BCUT2D eigenvalue weighted by molar-refractivity contribution is 7.08. The minimum absolute atomic E-state index is 0.393. The second-order valence-corrected chi connectivity index (χ2v) is 4.45. The van der Waals surface area contributed by atoms with E-state index in [1.165, 1.54) is 24.8 Å². The molecular formula is C9H11ClS. The molecule has 1 fully saturated rings. The van der Waals surface area contributed by atoms with E-state index in [9.17, 15) is 0 Å². The first-order valence-corrected chi connectivity index (χ1v) is 5.42. The Morgan fingerprint density at radius 3 is 2.91 bits per heavy atom. The van der Waals surface area contributed by atoms with Crippen LogP contribution in [0.1, 0.15) is 30.7 Å². The Kier molecular flexibility index (Phi) is 2.19. The van der Waals surface area contributed by atoms with Crippen molar-refractivity contribution in [3.8, 4) is 0 Å². The van der Waals surface area contributed by atoms with E-state index in [0.29, 0.717) is 11.3 Å². The summed E-state index contributed by atoms with van der Waals surface area (Å²) in [7, 11) is 0. The van der Waals surface area contributed by atoms with Crippen LogP contribution in [0.25, 0.3) is 0 Å². The molecule has 0 N–H and O–H groups in total. The van der Waals surface area contributed by atoms with Crippen LogP contribution in [0, 0.1) is 0 Å². The third-order valence-corrected chi connectivity index (χ3v) is 3.63. The lowest BCUT2D eigenvalue weighted by Crippen LogP contribution is -2.02. The molecule has 2 atom stereocenters. The Balaban J connectivity index is 2.16. The molecule has 2 unspecified atom stereocenters. The Hall–Kier alpha value is -0.0100. The summed E-state index contributed by atoms with van der Waals surface area (Å²) in [6, 6.07) is 2.20. The maximum absolute atomic E-state index is 6.17. The smallest absolute Gasteiger partial charge is 0.0404 e. The van der Waals surface area contributed by atoms with Crippen molar-refractivity contribution in [2.45, 2.75) is 30.6 Å². The molecule has 0 radical (unpaired) electrons. The van der Waals surface area contributed by atoms with Gasteiger partial charge in [0.2, 0.25) is 0 Å². The van der Waals surface area contributed by atoms with Crippen LogP contribution in [0.3, 0.4) is 0 Å². The summed E-state index contributed by atoms with van der Waals surface area (Å²) in [6.07, 6.45) is 3.78. The minimum atomic E-state index is 0.393. The zero-order valence-electron chi connectivity index (χ0n) is 6.29. The van der Waals surface area contributed by atoms with Gasteiger partial charge < -0.3 is 0 Å². The van der Waals surface area contributed by atoms with Crippen LogP contribution < -0.4 is 0 Å². The van der Waals surface area contributed by atoms with Gasteiger partial charge >= 0.3 is 0 Å². The van der Waals surface area contributed by atoms with Gasteiger partial charge in [-0.3, -0.25) is 0 Å². The average molecular weight is 187 g/mol. The van der Waals surface area contributed by atoms with Gasteiger partial charge in [0.05, 0.1) is 0 Å². The molecule has 0 bridgehead atoms. The number of alkyl halides is 1. The zero-order chi connectivity index (χ0) is 7.68. The molecule has 1 heterocycles. The number of halogens is 1. The van der Waals surface area contributed by atoms with Crippen molar-refractivity contribution >= 4 is 22.9 Å². The highest BCUT2D eigenvalue weighted by atomic mass is 35.5. The second kappa shape index (κ2) is 3.16. The fraction of sp³-hybridized carbons (Fsp3) is 0.556. The van der Waals surface area contributed by atoms with Crippen LogP contribution in [0.15, 0.2) is 16.8 Å². The van der Waals surface area contributed by atoms with Crippen LogP contribution in [0.2, 0.25) is 0 Å². The Labute approximate surface area is 76.2 Å². The minimum Gasteiger partial charge on any atom is -0.152 e. The quantitative estimate of drug-likeness (QED) is 0.588. The summed E-state index contributed by atoms with van der Waals surface area (Å²) in [5.74, 6) is 0.642. The van der Waals surface area contributed by atoms with E-state index in [0.717, 1.165) is 0 Å². The lowest BCUT2D eigenvalue weighted by Gasteiger charge is -2.10. The van der Waals surface area contributed by atoms with Crippen molar-refractivity contribution in [1.82, 2.24) is 0 Å². The zero-order valence-corrected chi connectivity index (χ0v) is 7.87. The van der Waals surface area contributed by atoms with Crippen LogP contribution in [-0.2, 0) is 0 Å². The lowest BCUT2D eigenvalue weighted by atomic mass is 10.0. The number of thiophene rings is 1. The molecule has 0 saturated heterocycles. The van der Waals surface area contributed by atoms with Crippen molar-refractivity contribution in [2.75, 3.05) is 0 Å². The molecule has 60 valence electrons. The highest BCUT2D eigenvalue weighted by Gasteiger charge is 2.26. The monoisotopic (exact) mass is 186 g/mol. The molecule has 1 aromatic rings. The predicted octanol–water partition coefficient (Wildman–Crippen LogP) is 3.62. The molecule has 0 nitrogen and oxygen atoms in total. The van der Waals surface area contributed by atoms with Gasteiger partial charge in [0.25, 0.3) is 0 Å². The maximum atomic E-state index is 6.17. The molecule has 2 rings (SSSR count). The Bertz CT molecular complexity index is 217. The van der Waals surface area contributed by atoms with Crippen molar-refractivity contribution in [3.05, 3.63) is 22.4 Å². The highest BCUT2D eigenvalue weighted by Crippen LogP contribution is 2.38. The van der Waals surface area contributed by atoms with E-state index in [1.54, 1.807) is 11.3 Å². The average Bonchev–Trinajstić information content (AvgIpc) is 2.55. The van der Waals surface area contributed by atoms with Crippen LogP contribution in [0.5, 0.6) is 0 Å². The van der Waals surface area contributed by atoms with Gasteiger partial charge in [-0.25, -0.2) is 0 Å². The summed E-state index contributed by atoms with van der Waals surface area (Å²) in [5.41, 5.74) is 1.45. The largest absolute Gasteiger partial charge is 0.152 e. The van der Waals surface area contributed by atoms with Gasteiger partial charge in [-0.05, 0) is 35.2 Å². The first-order valence-electron chi connectivity index (χ1n) is 4.04. The second-order valence-electron chi connectivity index (χ2n) is 3.11. The van der Waals surface area contributed by atoms with Crippen LogP contribution in [-0.4, -0.2) is 5.38 Å². The molecule has 0 aliphatic heterocycles. The van der Waals surface area contributed by atoms with E-state index in [2.05, 4.69) is 16.8 Å². The first kappa shape index (κ1) is 7.63. The predicted molar refractivity (Wildman–Crippen MR) is 50.6 cm³/mol. The summed E-state index contributed by atoms with van der Waals surface area (Å²) in [4.78, 5) is 0. The summed E-state index contributed by atoms with van der Waals surface area (Å²) in [5, 5.41) is 4.76. The van der Waals surface area contributed by atoms with Gasteiger partial charge in [-0.15, -0.1) is 11.6 Å². The topological polar surface area (TPSA) is 0 Å². The number of hydrogen-bond donors (Lipinski definition) is 0. The molecule has 0 amide bonds. The number of hydrogen-bond acceptors (Lipinski definition) is 1. The van der Waals surface area contributed by atoms with Crippen molar-refractivity contribution < 1.29 is 0 Å². The van der Waals surface area contributed by atoms with Gasteiger partial charge in [0.15, 0.2) is 0 Å². The Morgan fingerprint density at radius 1 is 1.45 bits per heavy atom. The molecule has 2 heteroatoms. The van der Waals surface area contributed by atoms with E-state index in [-0.39, 0.29) is 0 Å². The van der Waals surface area contributed by atoms with Gasteiger partial charge in [-0.2, -0.15) is 11.3 Å². The summed E-state index contributed by atoms with van der Waals surface area (Å²) < 4.78 is 0. The number of rotatable bonds is 1. The third kappa shape index (κ3) is 1.45. The molecule has 0 aromatic carbocycles. The lowest BCUT2D eigenvalue weighted by molar-refractivity contribution is 0.733. The normalized spacial score (nSPS) is 31.0. The molecule has 11 heavy (non-hydrogen) atoms. The van der Waals surface area contributed by atoms with Crippen molar-refractivity contribution in [2.24, 2.45) is 0 Å². The third-order valence-electron chi connectivity index (χ3n) is 2.40. The van der Waals surface area contributed by atoms with Crippen molar-refractivity contribution in [3.63, 3.8) is 0 Å². The fourth-order valence-electron chi connectivity index (χ4n) is 1.78. The molecule has 1 saturated carbocycles. The SMILES string of the molecule is ClC1CCCC1c1ccsc1. The van der Waals surface area contributed by atoms with Crippen LogP contribution >= 0.6 is 22.9 Å². The maximum Gasteiger partial charge on any atom is 0.0404 e. The molecule has 0 spiro atoms. The molecule has 1 aliphatic carbocycles. The summed E-state index contributed by atoms with van der Waals surface area (Å²) in [6.45, 7) is 0.